The van der Waals surface area contributed by atoms with Gasteiger partial charge >= 0.3 is 0 Å². The van der Waals surface area contributed by atoms with E-state index in [2.05, 4.69) is 57.4 Å². The first-order chi connectivity index (χ1) is 8.73. The molecule has 0 saturated heterocycles. The molecule has 0 aliphatic rings. The molecule has 0 amide bonds. The lowest BCUT2D eigenvalue weighted by atomic mass is 9.87. The highest BCUT2D eigenvalue weighted by molar-refractivity contribution is 6.20. The average molecular weight is 279 g/mol. The number of para-hydroxylation sites is 1. The van der Waals surface area contributed by atoms with E-state index in [1.54, 1.807) is 0 Å². The summed E-state index contributed by atoms with van der Waals surface area (Å²) in [5.74, 6) is 0.966. The van der Waals surface area contributed by atoms with Crippen LogP contribution in [0, 0.1) is 12.3 Å². The van der Waals surface area contributed by atoms with Crippen LogP contribution in [-0.2, 0) is 0 Å². The smallest absolute Gasteiger partial charge is 0.127 e. The number of benzene rings is 1. The van der Waals surface area contributed by atoms with Gasteiger partial charge in [0.2, 0.25) is 0 Å². The molecule has 0 radical (unpaired) electrons. The van der Waals surface area contributed by atoms with Crippen LogP contribution in [0.15, 0.2) is 18.2 Å². The molecule has 0 spiro atoms. The molecule has 2 atom stereocenters. The number of aromatic nitrogens is 2. The van der Waals surface area contributed by atoms with E-state index >= 15 is 0 Å². The summed E-state index contributed by atoms with van der Waals surface area (Å²) >= 11 is 6.34. The molecule has 104 valence electrons. The topological polar surface area (TPSA) is 17.8 Å². The zero-order valence-corrected chi connectivity index (χ0v) is 13.4. The fourth-order valence-corrected chi connectivity index (χ4v) is 2.50. The van der Waals surface area contributed by atoms with E-state index in [9.17, 15) is 0 Å². The maximum absolute atomic E-state index is 6.34. The predicted molar refractivity (Wildman–Crippen MR) is 82.9 cm³/mol. The number of aryl methyl sites for hydroxylation is 1. The van der Waals surface area contributed by atoms with Gasteiger partial charge < -0.3 is 4.57 Å². The van der Waals surface area contributed by atoms with Crippen molar-refractivity contribution >= 4 is 22.6 Å². The second-order valence-corrected chi connectivity index (χ2v) is 7.10. The minimum Gasteiger partial charge on any atom is -0.323 e. The predicted octanol–water partition coefficient (Wildman–Crippen LogP) is 5.25. The van der Waals surface area contributed by atoms with Gasteiger partial charge in [0.05, 0.1) is 16.4 Å². The maximum atomic E-state index is 6.34. The molecule has 2 nitrogen and oxygen atoms in total. The Morgan fingerprint density at radius 2 is 1.84 bits per heavy atom. The number of alkyl halides is 1. The molecule has 0 fully saturated rings. The Morgan fingerprint density at radius 3 is 2.37 bits per heavy atom. The molecule has 0 saturated carbocycles. The third-order valence-electron chi connectivity index (χ3n) is 3.95. The normalized spacial score (nSPS) is 15.7. The zero-order valence-electron chi connectivity index (χ0n) is 12.7. The first kappa shape index (κ1) is 14.4. The number of hydrogen-bond acceptors (Lipinski definition) is 1. The molecular weight excluding hydrogens is 256 g/mol. The summed E-state index contributed by atoms with van der Waals surface area (Å²) in [6.07, 6.45) is 0. The van der Waals surface area contributed by atoms with E-state index in [1.807, 2.05) is 6.92 Å². The third-order valence-corrected chi connectivity index (χ3v) is 4.14. The summed E-state index contributed by atoms with van der Waals surface area (Å²) in [6, 6.07) is 6.67. The van der Waals surface area contributed by atoms with Crippen molar-refractivity contribution in [1.82, 2.24) is 9.55 Å². The first-order valence-corrected chi connectivity index (χ1v) is 7.28. The van der Waals surface area contributed by atoms with Crippen molar-refractivity contribution < 1.29 is 0 Å². The number of halogens is 1. The van der Waals surface area contributed by atoms with Crippen LogP contribution in [0.3, 0.4) is 0 Å². The second-order valence-electron chi connectivity index (χ2n) is 6.44. The molecule has 2 aromatic rings. The molecule has 1 aromatic heterocycles. The Morgan fingerprint density at radius 1 is 1.21 bits per heavy atom. The number of hydrogen-bond donors (Lipinski definition) is 0. The van der Waals surface area contributed by atoms with Crippen molar-refractivity contribution in [2.45, 2.75) is 53.0 Å². The Labute approximate surface area is 120 Å². The molecule has 2 unspecified atom stereocenters. The van der Waals surface area contributed by atoms with E-state index in [4.69, 9.17) is 16.6 Å². The van der Waals surface area contributed by atoms with Crippen molar-refractivity contribution in [3.8, 4) is 0 Å². The summed E-state index contributed by atoms with van der Waals surface area (Å²) < 4.78 is 2.31. The molecule has 1 heterocycles. The van der Waals surface area contributed by atoms with Gasteiger partial charge in [-0.15, -0.1) is 11.6 Å². The van der Waals surface area contributed by atoms with Gasteiger partial charge in [-0.1, -0.05) is 32.9 Å². The number of imidazole rings is 1. The fraction of sp³-hybridized carbons (Fsp3) is 0.562. The van der Waals surface area contributed by atoms with Crippen LogP contribution in [0.25, 0.3) is 11.0 Å². The number of rotatable bonds is 2. The van der Waals surface area contributed by atoms with Crippen LogP contribution in [0.2, 0.25) is 0 Å². The number of nitrogens with zero attached hydrogens (tertiary/aromatic N) is 2. The average Bonchev–Trinajstić information content (AvgIpc) is 2.67. The van der Waals surface area contributed by atoms with Crippen LogP contribution in [-0.4, -0.2) is 9.55 Å². The van der Waals surface area contributed by atoms with Gasteiger partial charge in [0.25, 0.3) is 0 Å². The van der Waals surface area contributed by atoms with Crippen molar-refractivity contribution in [1.29, 1.82) is 0 Å². The summed E-state index contributed by atoms with van der Waals surface area (Å²) in [4.78, 5) is 4.78. The fourth-order valence-electron chi connectivity index (χ4n) is 2.35. The van der Waals surface area contributed by atoms with Crippen molar-refractivity contribution in [3.63, 3.8) is 0 Å². The van der Waals surface area contributed by atoms with E-state index in [-0.39, 0.29) is 10.8 Å². The molecule has 0 bridgehead atoms. The summed E-state index contributed by atoms with van der Waals surface area (Å²) in [5, 5.41) is -0.0865. The molecule has 1 aromatic carbocycles. The SMILES string of the molecule is Cc1cccc2c1nc(C(C)Cl)n2C(C)C(C)(C)C. The monoisotopic (exact) mass is 278 g/mol. The highest BCUT2D eigenvalue weighted by Gasteiger charge is 2.27. The van der Waals surface area contributed by atoms with Gasteiger partial charge in [-0.05, 0) is 37.8 Å². The van der Waals surface area contributed by atoms with E-state index < -0.39 is 0 Å². The van der Waals surface area contributed by atoms with Crippen molar-refractivity contribution in [2.24, 2.45) is 5.41 Å². The summed E-state index contributed by atoms with van der Waals surface area (Å²) in [5.41, 5.74) is 3.62. The van der Waals surface area contributed by atoms with Crippen LogP contribution in [0.5, 0.6) is 0 Å². The highest BCUT2D eigenvalue weighted by Crippen LogP contribution is 2.37. The lowest BCUT2D eigenvalue weighted by Crippen LogP contribution is -2.23. The van der Waals surface area contributed by atoms with E-state index in [0.29, 0.717) is 6.04 Å². The molecule has 0 aliphatic carbocycles. The van der Waals surface area contributed by atoms with Crippen molar-refractivity contribution in [3.05, 3.63) is 29.6 Å². The minimum atomic E-state index is -0.0865. The molecular formula is C16H23ClN2. The third kappa shape index (κ3) is 2.51. The molecule has 19 heavy (non-hydrogen) atoms. The summed E-state index contributed by atoms with van der Waals surface area (Å²) in [7, 11) is 0. The Bertz CT molecular complexity index is 591. The first-order valence-electron chi connectivity index (χ1n) is 6.85. The second kappa shape index (κ2) is 4.82. The Hall–Kier alpha value is -1.02. The van der Waals surface area contributed by atoms with Crippen LogP contribution in [0.1, 0.15) is 57.4 Å². The standard InChI is InChI=1S/C16H23ClN2/c1-10-8-7-9-13-14(10)18-15(11(2)17)19(13)12(3)16(4,5)6/h7-9,11-12H,1-6H3. The Balaban J connectivity index is 2.76. The van der Waals surface area contributed by atoms with Crippen molar-refractivity contribution in [2.75, 3.05) is 0 Å². The van der Waals surface area contributed by atoms with Crippen LogP contribution >= 0.6 is 11.6 Å². The molecule has 0 N–H and O–H groups in total. The number of fused-ring (bicyclic) bond motifs is 1. The maximum Gasteiger partial charge on any atom is 0.127 e. The van der Waals surface area contributed by atoms with Crippen LogP contribution in [0.4, 0.5) is 0 Å². The molecule has 3 heteroatoms. The van der Waals surface area contributed by atoms with Gasteiger partial charge in [0.15, 0.2) is 0 Å². The van der Waals surface area contributed by atoms with Gasteiger partial charge in [0.1, 0.15) is 5.82 Å². The zero-order chi connectivity index (χ0) is 14.4. The van der Waals surface area contributed by atoms with Gasteiger partial charge in [-0.25, -0.2) is 4.98 Å². The highest BCUT2D eigenvalue weighted by atomic mass is 35.5. The lowest BCUT2D eigenvalue weighted by Gasteiger charge is -2.30. The lowest BCUT2D eigenvalue weighted by molar-refractivity contribution is 0.262. The van der Waals surface area contributed by atoms with E-state index in [1.165, 1.54) is 11.1 Å². The molecule has 0 aliphatic heterocycles. The van der Waals surface area contributed by atoms with Gasteiger partial charge in [-0.3, -0.25) is 0 Å². The summed E-state index contributed by atoms with van der Waals surface area (Å²) in [6.45, 7) is 13.1. The Kier molecular flexibility index (Phi) is 3.65. The largest absolute Gasteiger partial charge is 0.323 e. The molecule has 2 rings (SSSR count). The van der Waals surface area contributed by atoms with Gasteiger partial charge in [-0.2, -0.15) is 0 Å². The van der Waals surface area contributed by atoms with E-state index in [0.717, 1.165) is 11.3 Å². The van der Waals surface area contributed by atoms with Gasteiger partial charge in [0, 0.05) is 6.04 Å². The quantitative estimate of drug-likeness (QED) is 0.686. The van der Waals surface area contributed by atoms with Crippen LogP contribution < -0.4 is 0 Å². The minimum absolute atomic E-state index is 0.0865.